The van der Waals surface area contributed by atoms with Crippen LogP contribution in [0.3, 0.4) is 0 Å². The molecule has 0 spiro atoms. The predicted molar refractivity (Wildman–Crippen MR) is 77.7 cm³/mol. The molecular formula is C16H17NO3. The number of carbonyl (C=O) groups is 2. The Morgan fingerprint density at radius 3 is 2.55 bits per heavy atom. The van der Waals surface area contributed by atoms with Crippen LogP contribution in [-0.2, 0) is 4.79 Å². The van der Waals surface area contributed by atoms with E-state index >= 15 is 0 Å². The molecule has 20 heavy (non-hydrogen) atoms. The zero-order valence-corrected chi connectivity index (χ0v) is 11.3. The Morgan fingerprint density at radius 1 is 1.15 bits per heavy atom. The lowest BCUT2D eigenvalue weighted by Gasteiger charge is -2.10. The summed E-state index contributed by atoms with van der Waals surface area (Å²) in [6, 6.07) is 13.4. The highest BCUT2D eigenvalue weighted by molar-refractivity contribution is 5.98. The van der Waals surface area contributed by atoms with Crippen molar-refractivity contribution in [2.75, 3.05) is 6.54 Å². The van der Waals surface area contributed by atoms with E-state index in [-0.39, 0.29) is 18.2 Å². The van der Waals surface area contributed by atoms with E-state index in [1.54, 1.807) is 13.0 Å². The number of benzene rings is 2. The van der Waals surface area contributed by atoms with E-state index in [4.69, 9.17) is 5.11 Å². The molecule has 0 aliphatic carbocycles. The summed E-state index contributed by atoms with van der Waals surface area (Å²) in [5.74, 6) is -1.11. The lowest BCUT2D eigenvalue weighted by atomic mass is 10.1. The second kappa shape index (κ2) is 6.19. The first-order valence-corrected chi connectivity index (χ1v) is 6.55. The summed E-state index contributed by atoms with van der Waals surface area (Å²) < 4.78 is 0. The maximum absolute atomic E-state index is 12.0. The summed E-state index contributed by atoms with van der Waals surface area (Å²) in [7, 11) is 0. The largest absolute Gasteiger partial charge is 0.481 e. The van der Waals surface area contributed by atoms with Crippen molar-refractivity contribution in [3.05, 3.63) is 48.0 Å². The fraction of sp³-hybridized carbons (Fsp3) is 0.250. The Bertz CT molecular complexity index is 636. The van der Waals surface area contributed by atoms with Crippen LogP contribution < -0.4 is 5.32 Å². The molecule has 4 nitrogen and oxygen atoms in total. The summed E-state index contributed by atoms with van der Waals surface area (Å²) in [5, 5.41) is 13.5. The third-order valence-electron chi connectivity index (χ3n) is 3.15. The fourth-order valence-electron chi connectivity index (χ4n) is 2.07. The summed E-state index contributed by atoms with van der Waals surface area (Å²) in [6.07, 6.45) is 0.0536. The van der Waals surface area contributed by atoms with Crippen LogP contribution in [0, 0.1) is 5.92 Å². The second-order valence-electron chi connectivity index (χ2n) is 4.97. The molecule has 0 saturated heterocycles. The SMILES string of the molecule is CC(CNC(=O)c1ccc2ccccc2c1)CC(=O)O. The highest BCUT2D eigenvalue weighted by Gasteiger charge is 2.11. The number of carbonyl (C=O) groups excluding carboxylic acids is 1. The molecule has 0 heterocycles. The minimum atomic E-state index is -0.850. The maximum Gasteiger partial charge on any atom is 0.303 e. The summed E-state index contributed by atoms with van der Waals surface area (Å²) in [5.41, 5.74) is 0.589. The van der Waals surface area contributed by atoms with Gasteiger partial charge in [0.25, 0.3) is 5.91 Å². The number of amides is 1. The highest BCUT2D eigenvalue weighted by Crippen LogP contribution is 2.15. The average Bonchev–Trinajstić information content (AvgIpc) is 2.43. The minimum Gasteiger partial charge on any atom is -0.481 e. The molecule has 2 N–H and O–H groups in total. The Labute approximate surface area is 117 Å². The molecule has 0 aliphatic heterocycles. The van der Waals surface area contributed by atoms with E-state index in [0.717, 1.165) is 10.8 Å². The van der Waals surface area contributed by atoms with E-state index in [0.29, 0.717) is 12.1 Å². The van der Waals surface area contributed by atoms with E-state index in [2.05, 4.69) is 5.32 Å². The van der Waals surface area contributed by atoms with Crippen LogP contribution in [0.2, 0.25) is 0 Å². The van der Waals surface area contributed by atoms with E-state index in [9.17, 15) is 9.59 Å². The van der Waals surface area contributed by atoms with Gasteiger partial charge in [-0.05, 0) is 28.8 Å². The first kappa shape index (κ1) is 14.1. The van der Waals surface area contributed by atoms with Gasteiger partial charge in [-0.2, -0.15) is 0 Å². The van der Waals surface area contributed by atoms with Crippen LogP contribution in [0.15, 0.2) is 42.5 Å². The van der Waals surface area contributed by atoms with Crippen molar-refractivity contribution < 1.29 is 14.7 Å². The van der Waals surface area contributed by atoms with Gasteiger partial charge < -0.3 is 10.4 Å². The molecule has 0 aliphatic rings. The van der Waals surface area contributed by atoms with Gasteiger partial charge >= 0.3 is 5.97 Å². The van der Waals surface area contributed by atoms with Crippen molar-refractivity contribution in [2.24, 2.45) is 5.92 Å². The average molecular weight is 271 g/mol. The normalized spacial score (nSPS) is 12.1. The fourth-order valence-corrected chi connectivity index (χ4v) is 2.07. The first-order valence-electron chi connectivity index (χ1n) is 6.55. The topological polar surface area (TPSA) is 66.4 Å². The van der Waals surface area contributed by atoms with Gasteiger partial charge in [0.15, 0.2) is 0 Å². The van der Waals surface area contributed by atoms with Gasteiger partial charge in [-0.15, -0.1) is 0 Å². The molecule has 0 radical (unpaired) electrons. The quantitative estimate of drug-likeness (QED) is 0.878. The summed E-state index contributed by atoms with van der Waals surface area (Å²) in [4.78, 5) is 22.6. The summed E-state index contributed by atoms with van der Waals surface area (Å²) >= 11 is 0. The van der Waals surface area contributed by atoms with Crippen LogP contribution in [0.4, 0.5) is 0 Å². The number of carboxylic acid groups (broad SMARTS) is 1. The Kier molecular flexibility index (Phi) is 4.35. The Hall–Kier alpha value is -2.36. The molecule has 0 fully saturated rings. The molecular weight excluding hydrogens is 254 g/mol. The molecule has 0 saturated carbocycles. The summed E-state index contributed by atoms with van der Waals surface area (Å²) in [6.45, 7) is 2.16. The van der Waals surface area contributed by atoms with Gasteiger partial charge in [0, 0.05) is 18.5 Å². The van der Waals surface area contributed by atoms with Crippen molar-refractivity contribution in [1.82, 2.24) is 5.32 Å². The molecule has 2 aromatic carbocycles. The van der Waals surface area contributed by atoms with Crippen molar-refractivity contribution in [3.8, 4) is 0 Å². The van der Waals surface area contributed by atoms with Crippen molar-refractivity contribution in [3.63, 3.8) is 0 Å². The molecule has 2 aromatic rings. The van der Waals surface area contributed by atoms with Gasteiger partial charge in [0.2, 0.25) is 0 Å². The number of aliphatic carboxylic acids is 1. The van der Waals surface area contributed by atoms with Gasteiger partial charge in [0.1, 0.15) is 0 Å². The highest BCUT2D eigenvalue weighted by atomic mass is 16.4. The molecule has 2 rings (SSSR count). The number of fused-ring (bicyclic) bond motifs is 1. The van der Waals surface area contributed by atoms with Gasteiger partial charge in [-0.25, -0.2) is 0 Å². The molecule has 1 amide bonds. The number of rotatable bonds is 5. The number of hydrogen-bond acceptors (Lipinski definition) is 2. The van der Waals surface area contributed by atoms with E-state index < -0.39 is 5.97 Å². The van der Waals surface area contributed by atoms with Crippen molar-refractivity contribution >= 4 is 22.6 Å². The number of nitrogens with one attached hydrogen (secondary N) is 1. The van der Waals surface area contributed by atoms with Crippen LogP contribution in [0.1, 0.15) is 23.7 Å². The standard InChI is InChI=1S/C16H17NO3/c1-11(8-15(18)19)10-17-16(20)14-7-6-12-4-2-3-5-13(12)9-14/h2-7,9,11H,8,10H2,1H3,(H,17,20)(H,18,19). The minimum absolute atomic E-state index is 0.0536. The molecule has 0 bridgehead atoms. The third kappa shape index (κ3) is 3.57. The maximum atomic E-state index is 12.0. The Balaban J connectivity index is 2.02. The van der Waals surface area contributed by atoms with Crippen LogP contribution in [0.25, 0.3) is 10.8 Å². The van der Waals surface area contributed by atoms with E-state index in [1.807, 2.05) is 36.4 Å². The molecule has 1 unspecified atom stereocenters. The third-order valence-corrected chi connectivity index (χ3v) is 3.15. The Morgan fingerprint density at radius 2 is 1.85 bits per heavy atom. The first-order chi connectivity index (χ1) is 9.56. The smallest absolute Gasteiger partial charge is 0.303 e. The van der Waals surface area contributed by atoms with Gasteiger partial charge in [-0.3, -0.25) is 9.59 Å². The predicted octanol–water partition coefficient (Wildman–Crippen LogP) is 2.68. The lowest BCUT2D eigenvalue weighted by Crippen LogP contribution is -2.29. The molecule has 4 heteroatoms. The molecule has 1 atom stereocenters. The van der Waals surface area contributed by atoms with Crippen LogP contribution in [-0.4, -0.2) is 23.5 Å². The molecule has 104 valence electrons. The van der Waals surface area contributed by atoms with Gasteiger partial charge in [-0.1, -0.05) is 37.3 Å². The number of hydrogen-bond donors (Lipinski definition) is 2. The van der Waals surface area contributed by atoms with Crippen molar-refractivity contribution in [1.29, 1.82) is 0 Å². The second-order valence-corrected chi connectivity index (χ2v) is 4.97. The zero-order valence-electron chi connectivity index (χ0n) is 11.3. The van der Waals surface area contributed by atoms with Crippen molar-refractivity contribution in [2.45, 2.75) is 13.3 Å². The van der Waals surface area contributed by atoms with E-state index in [1.165, 1.54) is 0 Å². The van der Waals surface area contributed by atoms with Crippen LogP contribution in [0.5, 0.6) is 0 Å². The zero-order chi connectivity index (χ0) is 14.5. The number of carboxylic acids is 1. The lowest BCUT2D eigenvalue weighted by molar-refractivity contribution is -0.137. The van der Waals surface area contributed by atoms with Crippen LogP contribution >= 0.6 is 0 Å². The van der Waals surface area contributed by atoms with Gasteiger partial charge in [0.05, 0.1) is 0 Å². The monoisotopic (exact) mass is 271 g/mol. The molecule has 0 aromatic heterocycles.